The smallest absolute Gasteiger partial charge is 0.409 e. The van der Waals surface area contributed by atoms with Crippen molar-refractivity contribution in [1.82, 2.24) is 15.5 Å². The molecule has 2 N–H and O–H groups in total. The minimum Gasteiger partial charge on any atom is -0.450 e. The quantitative estimate of drug-likeness (QED) is 0.812. The molecule has 0 aromatic heterocycles. The topological polar surface area (TPSA) is 70.7 Å². The Morgan fingerprint density at radius 1 is 1.28 bits per heavy atom. The van der Waals surface area contributed by atoms with Crippen molar-refractivity contribution < 1.29 is 14.3 Å². The number of nitrogens with one attached hydrogen (secondary N) is 2. The van der Waals surface area contributed by atoms with Crippen molar-refractivity contribution in [3.8, 4) is 0 Å². The maximum atomic E-state index is 12.0. The number of likely N-dealkylation sites (tertiary alicyclic amines) is 1. The minimum atomic E-state index is -0.287. The monoisotopic (exact) mass is 387 g/mol. The van der Waals surface area contributed by atoms with Crippen LogP contribution in [0.2, 0.25) is 10.0 Å². The minimum absolute atomic E-state index is 0.0600. The van der Waals surface area contributed by atoms with Crippen LogP contribution in [-0.4, -0.2) is 49.3 Å². The largest absolute Gasteiger partial charge is 0.450 e. The third kappa shape index (κ3) is 6.29. The van der Waals surface area contributed by atoms with Crippen LogP contribution in [0.4, 0.5) is 9.59 Å². The van der Waals surface area contributed by atoms with Crippen molar-refractivity contribution in [2.75, 3.05) is 26.2 Å². The van der Waals surface area contributed by atoms with Crippen LogP contribution in [0.25, 0.3) is 0 Å². The summed E-state index contributed by atoms with van der Waals surface area (Å²) in [7, 11) is 0. The van der Waals surface area contributed by atoms with Crippen molar-refractivity contribution in [1.29, 1.82) is 0 Å². The number of carbonyl (C=O) groups is 2. The molecule has 8 heteroatoms. The molecule has 25 heavy (non-hydrogen) atoms. The fraction of sp³-hybridized carbons (Fsp3) is 0.529. The second-order valence-electron chi connectivity index (χ2n) is 5.85. The van der Waals surface area contributed by atoms with Crippen LogP contribution < -0.4 is 10.6 Å². The van der Waals surface area contributed by atoms with Crippen LogP contribution in [0.5, 0.6) is 0 Å². The number of nitrogens with zero attached hydrogens (tertiary/aromatic N) is 1. The zero-order valence-corrected chi connectivity index (χ0v) is 15.7. The molecule has 138 valence electrons. The number of hydrogen-bond acceptors (Lipinski definition) is 3. The van der Waals surface area contributed by atoms with Gasteiger partial charge in [-0.2, -0.15) is 0 Å². The van der Waals surface area contributed by atoms with Gasteiger partial charge in [0.15, 0.2) is 0 Å². The van der Waals surface area contributed by atoms with Gasteiger partial charge in [-0.1, -0.05) is 29.3 Å². The van der Waals surface area contributed by atoms with E-state index in [0.29, 0.717) is 42.7 Å². The highest BCUT2D eigenvalue weighted by atomic mass is 35.5. The summed E-state index contributed by atoms with van der Waals surface area (Å²) >= 11 is 12.0. The molecule has 0 atom stereocenters. The van der Waals surface area contributed by atoms with E-state index in [4.69, 9.17) is 27.9 Å². The van der Waals surface area contributed by atoms with E-state index in [0.717, 1.165) is 18.4 Å². The first-order valence-electron chi connectivity index (χ1n) is 8.39. The van der Waals surface area contributed by atoms with E-state index in [9.17, 15) is 9.59 Å². The lowest BCUT2D eigenvalue weighted by molar-refractivity contribution is 0.0957. The van der Waals surface area contributed by atoms with E-state index >= 15 is 0 Å². The van der Waals surface area contributed by atoms with Gasteiger partial charge in [0.2, 0.25) is 0 Å². The molecule has 0 radical (unpaired) electrons. The van der Waals surface area contributed by atoms with Gasteiger partial charge in [0.1, 0.15) is 0 Å². The number of halogens is 2. The third-order valence-corrected chi connectivity index (χ3v) is 4.64. The molecule has 1 aromatic carbocycles. The number of ether oxygens (including phenoxy) is 1. The second-order valence-corrected chi connectivity index (χ2v) is 6.69. The Morgan fingerprint density at radius 2 is 2.00 bits per heavy atom. The number of urea groups is 1. The summed E-state index contributed by atoms with van der Waals surface area (Å²) in [6.07, 6.45) is 1.78. The first-order valence-corrected chi connectivity index (χ1v) is 9.15. The Labute approximate surface area is 157 Å². The molecule has 0 saturated carbocycles. The fourth-order valence-corrected chi connectivity index (χ4v) is 3.20. The van der Waals surface area contributed by atoms with Gasteiger partial charge in [0, 0.05) is 35.7 Å². The van der Waals surface area contributed by atoms with Crippen molar-refractivity contribution in [2.24, 2.45) is 0 Å². The van der Waals surface area contributed by atoms with Crippen LogP contribution in [-0.2, 0) is 11.2 Å². The predicted octanol–water partition coefficient (Wildman–Crippen LogP) is 3.46. The van der Waals surface area contributed by atoms with E-state index in [-0.39, 0.29) is 18.2 Å². The average molecular weight is 388 g/mol. The molecule has 0 unspecified atom stereocenters. The molecule has 1 aliphatic heterocycles. The lowest BCUT2D eigenvalue weighted by Gasteiger charge is -2.31. The van der Waals surface area contributed by atoms with Gasteiger partial charge >= 0.3 is 12.1 Å². The highest BCUT2D eigenvalue weighted by Gasteiger charge is 2.24. The lowest BCUT2D eigenvalue weighted by atomic mass is 10.1. The normalized spacial score (nSPS) is 14.9. The van der Waals surface area contributed by atoms with Gasteiger partial charge in [0.05, 0.1) is 6.61 Å². The molecule has 2 rings (SSSR count). The zero-order valence-electron chi connectivity index (χ0n) is 14.2. The molecule has 0 aliphatic carbocycles. The number of rotatable bonds is 5. The number of benzene rings is 1. The van der Waals surface area contributed by atoms with Gasteiger partial charge in [-0.3, -0.25) is 0 Å². The van der Waals surface area contributed by atoms with E-state index in [1.807, 2.05) is 6.07 Å². The van der Waals surface area contributed by atoms with E-state index < -0.39 is 0 Å². The summed E-state index contributed by atoms with van der Waals surface area (Å²) in [6, 6.07) is 5.18. The van der Waals surface area contributed by atoms with Gasteiger partial charge in [-0.25, -0.2) is 9.59 Å². The zero-order chi connectivity index (χ0) is 18.2. The molecule has 1 aliphatic rings. The molecular weight excluding hydrogens is 365 g/mol. The van der Waals surface area contributed by atoms with Gasteiger partial charge in [0.25, 0.3) is 0 Å². The average Bonchev–Trinajstić information content (AvgIpc) is 2.57. The Hall–Kier alpha value is -1.66. The maximum Gasteiger partial charge on any atom is 0.409 e. The summed E-state index contributed by atoms with van der Waals surface area (Å²) in [6.45, 7) is 3.81. The van der Waals surface area contributed by atoms with Gasteiger partial charge < -0.3 is 20.3 Å². The number of hydrogen-bond donors (Lipinski definition) is 2. The van der Waals surface area contributed by atoms with E-state index in [2.05, 4.69) is 10.6 Å². The van der Waals surface area contributed by atoms with Crippen molar-refractivity contribution in [3.63, 3.8) is 0 Å². The molecule has 3 amide bonds. The van der Waals surface area contributed by atoms with Crippen LogP contribution in [0.3, 0.4) is 0 Å². The first-order chi connectivity index (χ1) is 12.0. The standard InChI is InChI=1S/C17H23Cl2N3O3/c1-2-25-17(24)22-9-6-14(7-10-22)21-16(23)20-8-5-12-3-4-13(18)11-15(12)19/h3-4,11,14H,2,5-10H2,1H3,(H2,20,21,23). The molecule has 1 aromatic rings. The third-order valence-electron chi connectivity index (χ3n) is 4.05. The van der Waals surface area contributed by atoms with Crippen molar-refractivity contribution in [3.05, 3.63) is 33.8 Å². The van der Waals surface area contributed by atoms with E-state index in [1.165, 1.54) is 0 Å². The van der Waals surface area contributed by atoms with Crippen LogP contribution >= 0.6 is 23.2 Å². The number of carbonyl (C=O) groups excluding carboxylic acids is 2. The summed E-state index contributed by atoms with van der Waals surface area (Å²) in [5.41, 5.74) is 0.939. The Balaban J connectivity index is 1.67. The highest BCUT2D eigenvalue weighted by molar-refractivity contribution is 6.35. The summed E-state index contributed by atoms with van der Waals surface area (Å²) in [5.74, 6) is 0. The summed E-state index contributed by atoms with van der Waals surface area (Å²) in [5, 5.41) is 6.95. The molecule has 0 bridgehead atoms. The molecule has 6 nitrogen and oxygen atoms in total. The molecule has 0 spiro atoms. The SMILES string of the molecule is CCOC(=O)N1CCC(NC(=O)NCCc2ccc(Cl)cc2Cl)CC1. The Morgan fingerprint density at radius 3 is 2.64 bits per heavy atom. The van der Waals surface area contributed by atoms with Crippen molar-refractivity contribution in [2.45, 2.75) is 32.2 Å². The van der Waals surface area contributed by atoms with E-state index in [1.54, 1.807) is 24.0 Å². The molecule has 1 fully saturated rings. The molecular formula is C17H23Cl2N3O3. The molecule has 1 saturated heterocycles. The van der Waals surface area contributed by atoms with Crippen molar-refractivity contribution >= 4 is 35.3 Å². The maximum absolute atomic E-state index is 12.0. The molecule has 1 heterocycles. The predicted molar refractivity (Wildman–Crippen MR) is 98.3 cm³/mol. The highest BCUT2D eigenvalue weighted by Crippen LogP contribution is 2.21. The first kappa shape index (κ1) is 19.7. The number of amides is 3. The van der Waals surface area contributed by atoms with Crippen LogP contribution in [0, 0.1) is 0 Å². The summed E-state index contributed by atoms with van der Waals surface area (Å²) in [4.78, 5) is 25.3. The Kier molecular flexibility index (Phi) is 7.65. The van der Waals surface area contributed by atoms with Crippen LogP contribution in [0.1, 0.15) is 25.3 Å². The summed E-state index contributed by atoms with van der Waals surface area (Å²) < 4.78 is 4.98. The fourth-order valence-electron chi connectivity index (χ4n) is 2.69. The Bertz CT molecular complexity index is 605. The lowest BCUT2D eigenvalue weighted by Crippen LogP contribution is -2.49. The number of piperidine rings is 1. The van der Waals surface area contributed by atoms with Crippen LogP contribution in [0.15, 0.2) is 18.2 Å². The van der Waals surface area contributed by atoms with Gasteiger partial charge in [-0.15, -0.1) is 0 Å². The van der Waals surface area contributed by atoms with Gasteiger partial charge in [-0.05, 0) is 43.9 Å². The second kappa shape index (κ2) is 9.73.